The smallest absolute Gasteiger partial charge is 0.233 e. The first-order chi connectivity index (χ1) is 6.57. The van der Waals surface area contributed by atoms with E-state index in [1.54, 1.807) is 6.08 Å². The number of carbonyl (C=O) groups is 1. The Bertz CT molecular complexity index is 178. The molecule has 0 fully saturated rings. The van der Waals surface area contributed by atoms with Crippen molar-refractivity contribution < 1.29 is 4.79 Å². The van der Waals surface area contributed by atoms with Gasteiger partial charge in [0, 0.05) is 13.1 Å². The number of hydrogen-bond donors (Lipinski definition) is 2. The number of hydrogen-bond acceptors (Lipinski definition) is 2. The minimum Gasteiger partial charge on any atom is -0.355 e. The molecule has 0 bridgehead atoms. The third-order valence-electron chi connectivity index (χ3n) is 2.33. The third kappa shape index (κ3) is 6.66. The van der Waals surface area contributed by atoms with Crippen LogP contribution in [0.3, 0.4) is 0 Å². The molecule has 0 heterocycles. The second kappa shape index (κ2) is 7.56. The van der Waals surface area contributed by atoms with Crippen LogP contribution in [0.2, 0.25) is 0 Å². The molecule has 0 aliphatic heterocycles. The van der Waals surface area contributed by atoms with Gasteiger partial charge in [-0.1, -0.05) is 26.8 Å². The van der Waals surface area contributed by atoms with Crippen LogP contribution in [0, 0.1) is 11.8 Å². The summed E-state index contributed by atoms with van der Waals surface area (Å²) in [6.45, 7) is 11.8. The van der Waals surface area contributed by atoms with E-state index in [9.17, 15) is 4.79 Å². The maximum atomic E-state index is 11.2. The van der Waals surface area contributed by atoms with Gasteiger partial charge in [0.15, 0.2) is 0 Å². The summed E-state index contributed by atoms with van der Waals surface area (Å²) in [4.78, 5) is 11.2. The summed E-state index contributed by atoms with van der Waals surface area (Å²) in [5.41, 5.74) is 0. The van der Waals surface area contributed by atoms with Crippen LogP contribution in [0.25, 0.3) is 0 Å². The lowest BCUT2D eigenvalue weighted by atomic mass is 9.98. The molecule has 0 aliphatic carbocycles. The molecule has 1 amide bonds. The first kappa shape index (κ1) is 13.2. The molecule has 0 rings (SSSR count). The highest BCUT2D eigenvalue weighted by atomic mass is 16.1. The van der Waals surface area contributed by atoms with Gasteiger partial charge >= 0.3 is 0 Å². The van der Waals surface area contributed by atoms with Crippen molar-refractivity contribution in [2.24, 2.45) is 11.8 Å². The summed E-state index contributed by atoms with van der Waals surface area (Å²) in [6, 6.07) is 0. The van der Waals surface area contributed by atoms with Crippen LogP contribution in [-0.4, -0.2) is 25.5 Å². The van der Waals surface area contributed by atoms with E-state index in [-0.39, 0.29) is 5.91 Å². The maximum Gasteiger partial charge on any atom is 0.233 e. The highest BCUT2D eigenvalue weighted by Crippen LogP contribution is 2.07. The van der Waals surface area contributed by atoms with Crippen LogP contribution in [0.15, 0.2) is 12.7 Å². The van der Waals surface area contributed by atoms with Crippen molar-refractivity contribution in [2.75, 3.05) is 19.6 Å². The van der Waals surface area contributed by atoms with Gasteiger partial charge in [0.25, 0.3) is 0 Å². The van der Waals surface area contributed by atoms with Crippen molar-refractivity contribution in [3.63, 3.8) is 0 Å². The second-order valence-corrected chi connectivity index (χ2v) is 3.94. The maximum absolute atomic E-state index is 11.2. The van der Waals surface area contributed by atoms with Gasteiger partial charge in [-0.3, -0.25) is 4.79 Å². The molecule has 0 radical (unpaired) electrons. The quantitative estimate of drug-likeness (QED) is 0.476. The highest BCUT2D eigenvalue weighted by molar-refractivity contribution is 5.77. The summed E-state index contributed by atoms with van der Waals surface area (Å²) in [5.74, 6) is 1.19. The van der Waals surface area contributed by atoms with E-state index >= 15 is 0 Å². The fraction of sp³-hybridized carbons (Fsp3) is 0.727. The molecule has 0 spiro atoms. The topological polar surface area (TPSA) is 41.1 Å². The van der Waals surface area contributed by atoms with Crippen molar-refractivity contribution in [1.82, 2.24) is 10.6 Å². The van der Waals surface area contributed by atoms with Crippen molar-refractivity contribution in [3.8, 4) is 0 Å². The highest BCUT2D eigenvalue weighted by Gasteiger charge is 2.08. The lowest BCUT2D eigenvalue weighted by Crippen LogP contribution is -2.37. The van der Waals surface area contributed by atoms with Gasteiger partial charge < -0.3 is 10.6 Å². The molecule has 0 aromatic heterocycles. The van der Waals surface area contributed by atoms with Crippen molar-refractivity contribution in [1.29, 1.82) is 0 Å². The predicted octanol–water partition coefficient (Wildman–Crippen LogP) is 1.17. The zero-order valence-corrected chi connectivity index (χ0v) is 9.47. The molecule has 0 aliphatic rings. The minimum atomic E-state index is 0.0550. The molecular weight excluding hydrogens is 176 g/mol. The van der Waals surface area contributed by atoms with E-state index in [1.165, 1.54) is 0 Å². The predicted molar refractivity (Wildman–Crippen MR) is 60.1 cm³/mol. The Balaban J connectivity index is 3.48. The van der Waals surface area contributed by atoms with Crippen LogP contribution in [0.1, 0.15) is 20.8 Å². The number of nitrogens with one attached hydrogen (secondary N) is 2. The largest absolute Gasteiger partial charge is 0.355 e. The van der Waals surface area contributed by atoms with E-state index in [0.29, 0.717) is 24.9 Å². The van der Waals surface area contributed by atoms with E-state index < -0.39 is 0 Å². The summed E-state index contributed by atoms with van der Waals surface area (Å²) in [6.07, 6.45) is 1.74. The third-order valence-corrected chi connectivity index (χ3v) is 2.33. The average molecular weight is 198 g/mol. The Morgan fingerprint density at radius 2 is 2.07 bits per heavy atom. The van der Waals surface area contributed by atoms with Crippen LogP contribution in [-0.2, 0) is 4.79 Å². The normalized spacial score (nSPS) is 12.6. The van der Waals surface area contributed by atoms with Gasteiger partial charge in [0.05, 0.1) is 6.54 Å². The van der Waals surface area contributed by atoms with Crippen LogP contribution in [0.4, 0.5) is 0 Å². The Hall–Kier alpha value is -0.830. The lowest BCUT2D eigenvalue weighted by Gasteiger charge is -2.15. The zero-order chi connectivity index (χ0) is 11.0. The molecule has 1 unspecified atom stereocenters. The van der Waals surface area contributed by atoms with Gasteiger partial charge in [-0.15, -0.1) is 6.58 Å². The van der Waals surface area contributed by atoms with Crippen molar-refractivity contribution in [3.05, 3.63) is 12.7 Å². The fourth-order valence-electron chi connectivity index (χ4n) is 0.861. The first-order valence-electron chi connectivity index (χ1n) is 5.16. The Morgan fingerprint density at radius 3 is 2.57 bits per heavy atom. The van der Waals surface area contributed by atoms with E-state index in [1.807, 2.05) is 0 Å². The zero-order valence-electron chi connectivity index (χ0n) is 9.47. The van der Waals surface area contributed by atoms with E-state index in [2.05, 4.69) is 38.0 Å². The van der Waals surface area contributed by atoms with Crippen LogP contribution in [0.5, 0.6) is 0 Å². The average Bonchev–Trinajstić information content (AvgIpc) is 2.14. The second-order valence-electron chi connectivity index (χ2n) is 3.94. The molecule has 2 N–H and O–H groups in total. The van der Waals surface area contributed by atoms with Gasteiger partial charge in [-0.25, -0.2) is 0 Å². The van der Waals surface area contributed by atoms with Gasteiger partial charge in [-0.2, -0.15) is 0 Å². The molecule has 0 saturated carbocycles. The Kier molecular flexibility index (Phi) is 7.11. The molecule has 0 aromatic carbocycles. The van der Waals surface area contributed by atoms with Crippen LogP contribution < -0.4 is 10.6 Å². The number of carbonyl (C=O) groups excluding carboxylic acids is 1. The van der Waals surface area contributed by atoms with Crippen molar-refractivity contribution in [2.45, 2.75) is 20.8 Å². The molecule has 0 saturated heterocycles. The molecule has 82 valence electrons. The fourth-order valence-corrected chi connectivity index (χ4v) is 0.861. The number of amides is 1. The molecule has 3 heteroatoms. The molecule has 1 atom stereocenters. The van der Waals surface area contributed by atoms with E-state index in [0.717, 1.165) is 6.54 Å². The van der Waals surface area contributed by atoms with Crippen LogP contribution >= 0.6 is 0 Å². The lowest BCUT2D eigenvalue weighted by molar-refractivity contribution is -0.120. The monoisotopic (exact) mass is 198 g/mol. The Morgan fingerprint density at radius 1 is 1.43 bits per heavy atom. The van der Waals surface area contributed by atoms with Gasteiger partial charge in [0.1, 0.15) is 0 Å². The molecule has 3 nitrogen and oxygen atoms in total. The van der Waals surface area contributed by atoms with Crippen molar-refractivity contribution >= 4 is 5.91 Å². The summed E-state index contributed by atoms with van der Waals surface area (Å²) < 4.78 is 0. The summed E-state index contributed by atoms with van der Waals surface area (Å²) in [5, 5.41) is 5.84. The molecule has 0 aromatic rings. The SMILES string of the molecule is C=CCNCC(=O)NCC(C)C(C)C. The van der Waals surface area contributed by atoms with Gasteiger partial charge in [0.2, 0.25) is 5.91 Å². The standard InChI is InChI=1S/C11H22N2O/c1-5-6-12-8-11(14)13-7-10(4)9(2)3/h5,9-10,12H,1,6-8H2,2-4H3,(H,13,14). The molecule has 14 heavy (non-hydrogen) atoms. The first-order valence-corrected chi connectivity index (χ1v) is 5.16. The summed E-state index contributed by atoms with van der Waals surface area (Å²) in [7, 11) is 0. The number of rotatable bonds is 7. The summed E-state index contributed by atoms with van der Waals surface area (Å²) >= 11 is 0. The Labute approximate surface area is 87.0 Å². The van der Waals surface area contributed by atoms with Gasteiger partial charge in [-0.05, 0) is 11.8 Å². The minimum absolute atomic E-state index is 0.0550. The molecular formula is C11H22N2O. The van der Waals surface area contributed by atoms with E-state index in [4.69, 9.17) is 0 Å².